The van der Waals surface area contributed by atoms with Gasteiger partial charge in [-0.2, -0.15) is 0 Å². The predicted molar refractivity (Wildman–Crippen MR) is 78.5 cm³/mol. The Bertz CT molecular complexity index is 627. The zero-order valence-electron chi connectivity index (χ0n) is 11.5. The first-order chi connectivity index (χ1) is 9.83. The van der Waals surface area contributed by atoms with Gasteiger partial charge in [-0.05, 0) is 38.3 Å². The molecule has 0 aliphatic heterocycles. The zero-order valence-corrected chi connectivity index (χ0v) is 11.5. The minimum atomic E-state index is 0.615. The minimum Gasteiger partial charge on any atom is -0.493 e. The van der Waals surface area contributed by atoms with Crippen molar-refractivity contribution in [2.45, 2.75) is 26.2 Å². The van der Waals surface area contributed by atoms with Crippen LogP contribution in [0.15, 0.2) is 24.3 Å². The number of anilines is 1. The maximum Gasteiger partial charge on any atom is 0.165 e. The van der Waals surface area contributed by atoms with Crippen LogP contribution in [0, 0.1) is 0 Å². The van der Waals surface area contributed by atoms with Crippen molar-refractivity contribution >= 4 is 5.82 Å². The summed E-state index contributed by atoms with van der Waals surface area (Å²) in [5.74, 6) is 7.80. The number of hydrogen-bond acceptors (Lipinski definition) is 5. The van der Waals surface area contributed by atoms with E-state index in [0.29, 0.717) is 12.4 Å². The van der Waals surface area contributed by atoms with Gasteiger partial charge in [0.05, 0.1) is 12.2 Å². The molecule has 5 heteroatoms. The molecule has 104 valence electrons. The molecule has 5 nitrogen and oxygen atoms in total. The van der Waals surface area contributed by atoms with Crippen LogP contribution in [-0.4, -0.2) is 16.6 Å². The molecule has 1 aliphatic rings. The summed E-state index contributed by atoms with van der Waals surface area (Å²) in [5, 5.41) is 0. The normalized spacial score (nSPS) is 13.1. The molecule has 0 unspecified atom stereocenters. The molecule has 1 aromatic carbocycles. The van der Waals surface area contributed by atoms with E-state index >= 15 is 0 Å². The molecule has 0 bridgehead atoms. The van der Waals surface area contributed by atoms with Gasteiger partial charge in [-0.25, -0.2) is 15.8 Å². The van der Waals surface area contributed by atoms with E-state index in [-0.39, 0.29) is 0 Å². The monoisotopic (exact) mass is 270 g/mol. The number of benzene rings is 1. The quantitative estimate of drug-likeness (QED) is 0.659. The molecule has 2 aromatic rings. The van der Waals surface area contributed by atoms with Gasteiger partial charge in [-0.1, -0.05) is 12.1 Å². The highest BCUT2D eigenvalue weighted by atomic mass is 16.5. The number of hydrazine groups is 1. The number of ether oxygens (including phenoxy) is 1. The Balaban J connectivity index is 2.11. The third-order valence-corrected chi connectivity index (χ3v) is 3.50. The lowest BCUT2D eigenvalue weighted by molar-refractivity contribution is 0.341. The van der Waals surface area contributed by atoms with Gasteiger partial charge in [-0.15, -0.1) is 0 Å². The van der Waals surface area contributed by atoms with E-state index in [1.807, 2.05) is 31.2 Å². The van der Waals surface area contributed by atoms with E-state index in [2.05, 4.69) is 15.4 Å². The molecular weight excluding hydrogens is 252 g/mol. The number of aromatic nitrogens is 2. The highest BCUT2D eigenvalue weighted by Crippen LogP contribution is 2.32. The first-order valence-electron chi connectivity index (χ1n) is 6.92. The van der Waals surface area contributed by atoms with Gasteiger partial charge in [0.25, 0.3) is 0 Å². The fraction of sp³-hybridized carbons (Fsp3) is 0.333. The Labute approximate surface area is 118 Å². The Kier molecular flexibility index (Phi) is 3.52. The maximum absolute atomic E-state index is 5.65. The Morgan fingerprint density at radius 1 is 1.25 bits per heavy atom. The second-order valence-corrected chi connectivity index (χ2v) is 4.75. The number of hydrogen-bond donors (Lipinski definition) is 2. The van der Waals surface area contributed by atoms with Crippen LogP contribution in [0.3, 0.4) is 0 Å². The number of nitrogens with two attached hydrogens (primary N) is 1. The van der Waals surface area contributed by atoms with Crippen molar-refractivity contribution in [1.29, 1.82) is 0 Å². The summed E-state index contributed by atoms with van der Waals surface area (Å²) in [6, 6.07) is 7.82. The topological polar surface area (TPSA) is 73.1 Å². The lowest BCUT2D eigenvalue weighted by atomic mass is 10.1. The first-order valence-corrected chi connectivity index (χ1v) is 6.92. The maximum atomic E-state index is 5.65. The van der Waals surface area contributed by atoms with Crippen LogP contribution in [0.25, 0.3) is 11.4 Å². The lowest BCUT2D eigenvalue weighted by Crippen LogP contribution is -2.13. The predicted octanol–water partition coefficient (Wildman–Crippen LogP) is 2.32. The van der Waals surface area contributed by atoms with E-state index in [0.717, 1.165) is 47.7 Å². The Morgan fingerprint density at radius 3 is 2.90 bits per heavy atom. The molecule has 0 amide bonds. The smallest absolute Gasteiger partial charge is 0.165 e. The summed E-state index contributed by atoms with van der Waals surface area (Å²) < 4.78 is 5.65. The number of rotatable bonds is 4. The summed E-state index contributed by atoms with van der Waals surface area (Å²) in [4.78, 5) is 9.24. The second kappa shape index (κ2) is 5.46. The molecule has 1 aromatic heterocycles. The molecule has 0 spiro atoms. The summed E-state index contributed by atoms with van der Waals surface area (Å²) in [5.41, 5.74) is 5.84. The second-order valence-electron chi connectivity index (χ2n) is 4.75. The van der Waals surface area contributed by atoms with Crippen molar-refractivity contribution in [3.05, 3.63) is 35.5 Å². The zero-order chi connectivity index (χ0) is 13.9. The third-order valence-electron chi connectivity index (χ3n) is 3.50. The van der Waals surface area contributed by atoms with E-state index in [1.165, 1.54) is 0 Å². The number of aryl methyl sites for hydroxylation is 1. The standard InChI is InChI=1S/C15H18N4O/c1-2-20-13-9-4-3-6-11(13)14-17-12-8-5-7-10(12)15(18-14)19-16/h3-4,6,9H,2,5,7-8,16H2,1H3,(H,17,18,19). The summed E-state index contributed by atoms with van der Waals surface area (Å²) in [6.45, 7) is 2.58. The number of nitrogens with one attached hydrogen (secondary N) is 1. The van der Waals surface area contributed by atoms with Gasteiger partial charge >= 0.3 is 0 Å². The fourth-order valence-electron chi connectivity index (χ4n) is 2.61. The van der Waals surface area contributed by atoms with Gasteiger partial charge in [-0.3, -0.25) is 0 Å². The third kappa shape index (κ3) is 2.20. The molecule has 3 rings (SSSR count). The Hall–Kier alpha value is -2.14. The molecular formula is C15H18N4O. The SMILES string of the molecule is CCOc1ccccc1-c1nc2c(c(NN)n1)CCC2. The summed E-state index contributed by atoms with van der Waals surface area (Å²) in [7, 11) is 0. The van der Waals surface area contributed by atoms with Crippen molar-refractivity contribution in [2.75, 3.05) is 12.0 Å². The molecule has 0 saturated carbocycles. The summed E-state index contributed by atoms with van der Waals surface area (Å²) >= 11 is 0. The number of para-hydroxylation sites is 1. The van der Waals surface area contributed by atoms with Crippen LogP contribution >= 0.6 is 0 Å². The highest BCUT2D eigenvalue weighted by Gasteiger charge is 2.20. The molecule has 3 N–H and O–H groups in total. The molecule has 1 heterocycles. The number of nitrogen functional groups attached to an aromatic ring is 1. The molecule has 0 fully saturated rings. The van der Waals surface area contributed by atoms with Crippen LogP contribution in [0.1, 0.15) is 24.6 Å². The summed E-state index contributed by atoms with van der Waals surface area (Å²) in [6.07, 6.45) is 3.08. The minimum absolute atomic E-state index is 0.615. The van der Waals surface area contributed by atoms with Crippen LogP contribution in [0.4, 0.5) is 5.82 Å². The number of nitrogens with zero attached hydrogens (tertiary/aromatic N) is 2. The van der Waals surface area contributed by atoms with Crippen LogP contribution < -0.4 is 16.0 Å². The van der Waals surface area contributed by atoms with Gasteiger partial charge in [0.15, 0.2) is 5.82 Å². The van der Waals surface area contributed by atoms with Gasteiger partial charge in [0.1, 0.15) is 11.6 Å². The Morgan fingerprint density at radius 2 is 2.10 bits per heavy atom. The van der Waals surface area contributed by atoms with E-state index in [4.69, 9.17) is 10.6 Å². The van der Waals surface area contributed by atoms with Crippen molar-refractivity contribution in [3.63, 3.8) is 0 Å². The van der Waals surface area contributed by atoms with E-state index in [1.54, 1.807) is 0 Å². The van der Waals surface area contributed by atoms with Crippen LogP contribution in [0.5, 0.6) is 5.75 Å². The van der Waals surface area contributed by atoms with Gasteiger partial charge < -0.3 is 10.2 Å². The lowest BCUT2D eigenvalue weighted by Gasteiger charge is -2.12. The van der Waals surface area contributed by atoms with Gasteiger partial charge in [0, 0.05) is 11.3 Å². The molecule has 0 atom stereocenters. The van der Waals surface area contributed by atoms with Crippen molar-refractivity contribution in [2.24, 2.45) is 5.84 Å². The van der Waals surface area contributed by atoms with Crippen molar-refractivity contribution < 1.29 is 4.74 Å². The molecule has 0 radical (unpaired) electrons. The van der Waals surface area contributed by atoms with Crippen LogP contribution in [-0.2, 0) is 12.8 Å². The molecule has 20 heavy (non-hydrogen) atoms. The van der Waals surface area contributed by atoms with Gasteiger partial charge in [0.2, 0.25) is 0 Å². The highest BCUT2D eigenvalue weighted by molar-refractivity contribution is 5.66. The average Bonchev–Trinajstić information content (AvgIpc) is 2.95. The first kappa shape index (κ1) is 12.9. The largest absolute Gasteiger partial charge is 0.493 e. The fourth-order valence-corrected chi connectivity index (χ4v) is 2.61. The van der Waals surface area contributed by atoms with E-state index in [9.17, 15) is 0 Å². The number of fused-ring (bicyclic) bond motifs is 1. The van der Waals surface area contributed by atoms with Crippen molar-refractivity contribution in [3.8, 4) is 17.1 Å². The average molecular weight is 270 g/mol. The van der Waals surface area contributed by atoms with Crippen molar-refractivity contribution in [1.82, 2.24) is 9.97 Å². The molecule has 0 saturated heterocycles. The van der Waals surface area contributed by atoms with Crippen LogP contribution in [0.2, 0.25) is 0 Å². The van der Waals surface area contributed by atoms with E-state index < -0.39 is 0 Å². The molecule has 1 aliphatic carbocycles.